The van der Waals surface area contributed by atoms with Gasteiger partial charge in [0.05, 0.1) is 18.4 Å². The minimum Gasteiger partial charge on any atom is -0.481 e. The number of rotatable bonds is 10. The Bertz CT molecular complexity index is 2050. The first kappa shape index (κ1) is 35.2. The van der Waals surface area contributed by atoms with Crippen molar-refractivity contribution in [2.24, 2.45) is 0 Å². The fraction of sp³-hybridized carbons (Fsp3) is 0.400. The topological polar surface area (TPSA) is 160 Å². The largest absolute Gasteiger partial charge is 0.481 e. The first-order valence-corrected chi connectivity index (χ1v) is 18.5. The summed E-state index contributed by atoms with van der Waals surface area (Å²) >= 11 is 1.19. The lowest BCUT2D eigenvalue weighted by Gasteiger charge is -2.33. The number of fused-ring (bicyclic) bond motifs is 3. The number of carbonyl (C=O) groups excluding carboxylic acids is 3. The summed E-state index contributed by atoms with van der Waals surface area (Å²) < 4.78 is 40.7. The standard InChI is InChI=1S/C35H40N6O7S2/c1-22(42)41-18-16-35(30(41)31(44)39-33-37-27-13-14-28(47-5)38-32(27)49-33)21-36-26-12-11-24(19-25(26)35)50(45,46)40(20-23-9-7-6-8-10-23)17-15-29(43)48-34(2,3)4/h6-14,19,30,36H,15-18,20-21H2,1-5H3,(H,37,39,44). The van der Waals surface area contributed by atoms with Crippen molar-refractivity contribution in [3.63, 3.8) is 0 Å². The quantitative estimate of drug-likeness (QED) is 0.223. The van der Waals surface area contributed by atoms with E-state index in [0.29, 0.717) is 52.1 Å². The Morgan fingerprint density at radius 2 is 1.86 bits per heavy atom. The molecule has 50 heavy (non-hydrogen) atoms. The van der Waals surface area contributed by atoms with Crippen LogP contribution in [0, 0.1) is 0 Å². The van der Waals surface area contributed by atoms with Gasteiger partial charge < -0.3 is 25.0 Å². The summed E-state index contributed by atoms with van der Waals surface area (Å²) in [6, 6.07) is 16.5. The molecule has 2 aliphatic heterocycles. The Kier molecular flexibility index (Phi) is 9.59. The van der Waals surface area contributed by atoms with Crippen LogP contribution in [0.4, 0.5) is 10.8 Å². The summed E-state index contributed by atoms with van der Waals surface area (Å²) in [7, 11) is -2.64. The van der Waals surface area contributed by atoms with Crippen LogP contribution in [0.25, 0.3) is 10.3 Å². The zero-order chi connectivity index (χ0) is 35.8. The van der Waals surface area contributed by atoms with Crippen molar-refractivity contribution in [3.05, 3.63) is 71.8 Å². The second-order valence-electron chi connectivity index (χ2n) is 13.4. The molecule has 2 atom stereocenters. The lowest BCUT2D eigenvalue weighted by molar-refractivity contribution is -0.155. The number of hydrogen-bond donors (Lipinski definition) is 2. The van der Waals surface area contributed by atoms with E-state index < -0.39 is 39.0 Å². The van der Waals surface area contributed by atoms with Crippen molar-refractivity contribution < 1.29 is 32.3 Å². The number of carbonyl (C=O) groups is 3. The second-order valence-corrected chi connectivity index (χ2v) is 16.3. The number of amides is 2. The summed E-state index contributed by atoms with van der Waals surface area (Å²) in [6.45, 7) is 7.26. The molecule has 2 unspecified atom stereocenters. The van der Waals surface area contributed by atoms with Crippen LogP contribution in [-0.2, 0) is 41.1 Å². The maximum absolute atomic E-state index is 14.4. The van der Waals surface area contributed by atoms with E-state index in [4.69, 9.17) is 9.47 Å². The lowest BCUT2D eigenvalue weighted by atomic mass is 9.75. The van der Waals surface area contributed by atoms with Crippen LogP contribution >= 0.6 is 11.3 Å². The van der Waals surface area contributed by atoms with E-state index in [1.807, 2.05) is 30.3 Å². The molecule has 1 spiro atoms. The zero-order valence-corrected chi connectivity index (χ0v) is 30.2. The van der Waals surface area contributed by atoms with Crippen LogP contribution in [0.3, 0.4) is 0 Å². The Morgan fingerprint density at radius 3 is 2.56 bits per heavy atom. The van der Waals surface area contributed by atoms with E-state index in [9.17, 15) is 22.8 Å². The highest BCUT2D eigenvalue weighted by Gasteiger charge is 2.56. The smallest absolute Gasteiger partial charge is 0.307 e. The Balaban J connectivity index is 1.33. The summed E-state index contributed by atoms with van der Waals surface area (Å²) in [5.41, 5.74) is 1.03. The highest BCUT2D eigenvalue weighted by Crippen LogP contribution is 2.48. The van der Waals surface area contributed by atoms with E-state index in [2.05, 4.69) is 20.6 Å². The zero-order valence-electron chi connectivity index (χ0n) is 28.6. The van der Waals surface area contributed by atoms with Gasteiger partial charge in [-0.2, -0.15) is 4.31 Å². The maximum Gasteiger partial charge on any atom is 0.307 e. The van der Waals surface area contributed by atoms with Crippen LogP contribution in [0.5, 0.6) is 5.88 Å². The first-order chi connectivity index (χ1) is 23.7. The number of pyridine rings is 1. The van der Waals surface area contributed by atoms with Crippen molar-refractivity contribution in [1.29, 1.82) is 0 Å². The molecule has 0 saturated carbocycles. The number of sulfonamides is 1. The fourth-order valence-electron chi connectivity index (χ4n) is 6.65. The minimum absolute atomic E-state index is 0.0195. The number of hydrogen-bond acceptors (Lipinski definition) is 11. The third kappa shape index (κ3) is 7.02. The van der Waals surface area contributed by atoms with E-state index in [1.165, 1.54) is 40.6 Å². The number of nitrogens with one attached hydrogen (secondary N) is 2. The van der Waals surface area contributed by atoms with Gasteiger partial charge in [0.2, 0.25) is 27.7 Å². The van der Waals surface area contributed by atoms with Gasteiger partial charge in [0, 0.05) is 50.3 Å². The number of anilines is 2. The third-order valence-corrected chi connectivity index (χ3v) is 11.6. The molecule has 1 fully saturated rings. The van der Waals surface area contributed by atoms with E-state index in [-0.39, 0.29) is 30.3 Å². The molecule has 2 aliphatic rings. The molecule has 2 amide bonds. The molecular formula is C35H40N6O7S2. The van der Waals surface area contributed by atoms with Crippen molar-refractivity contribution in [2.75, 3.05) is 37.4 Å². The molecule has 0 aliphatic carbocycles. The molecule has 2 aromatic heterocycles. The highest BCUT2D eigenvalue weighted by molar-refractivity contribution is 7.89. The number of likely N-dealkylation sites (tertiary alicyclic amines) is 1. The van der Waals surface area contributed by atoms with Gasteiger partial charge in [-0.05, 0) is 62.6 Å². The van der Waals surface area contributed by atoms with E-state index in [1.54, 1.807) is 45.0 Å². The van der Waals surface area contributed by atoms with Crippen molar-refractivity contribution >= 4 is 60.3 Å². The normalized spacial score (nSPS) is 18.7. The van der Waals surface area contributed by atoms with Gasteiger partial charge in [0.1, 0.15) is 22.0 Å². The molecule has 1 saturated heterocycles. The van der Waals surface area contributed by atoms with Crippen LogP contribution in [-0.4, -0.2) is 83.8 Å². The average Bonchev–Trinajstić information content (AvgIpc) is 3.77. The van der Waals surface area contributed by atoms with Crippen molar-refractivity contribution in [3.8, 4) is 5.88 Å². The predicted molar refractivity (Wildman–Crippen MR) is 189 cm³/mol. The molecule has 0 radical (unpaired) electrons. The van der Waals surface area contributed by atoms with Gasteiger partial charge in [-0.25, -0.2) is 18.4 Å². The SMILES string of the molecule is COc1ccc2nc(NC(=O)C3N(C(C)=O)CCC34CNc3ccc(S(=O)(=O)N(CCC(=O)OC(C)(C)C)Cc5ccccc5)cc34)sc2n1. The maximum atomic E-state index is 14.4. The van der Waals surface area contributed by atoms with Gasteiger partial charge in [0.25, 0.3) is 0 Å². The summed E-state index contributed by atoms with van der Waals surface area (Å²) in [5, 5.41) is 6.59. The number of thiazole rings is 1. The average molecular weight is 721 g/mol. The van der Waals surface area contributed by atoms with Crippen LogP contribution in [0.2, 0.25) is 0 Å². The Morgan fingerprint density at radius 1 is 1.10 bits per heavy atom. The molecule has 264 valence electrons. The molecule has 2 aromatic carbocycles. The molecule has 2 N–H and O–H groups in total. The van der Waals surface area contributed by atoms with Crippen molar-refractivity contribution in [1.82, 2.24) is 19.2 Å². The molecule has 4 aromatic rings. The minimum atomic E-state index is -4.15. The van der Waals surface area contributed by atoms with Crippen molar-refractivity contribution in [2.45, 2.75) is 69.0 Å². The van der Waals surface area contributed by atoms with Crippen LogP contribution in [0.15, 0.2) is 65.6 Å². The number of ether oxygens (including phenoxy) is 2. The summed E-state index contributed by atoms with van der Waals surface area (Å²) in [4.78, 5) is 50.8. The van der Waals surface area contributed by atoms with Crippen LogP contribution < -0.4 is 15.4 Å². The van der Waals surface area contributed by atoms with E-state index in [0.717, 1.165) is 5.56 Å². The van der Waals surface area contributed by atoms with Gasteiger partial charge in [0.15, 0.2) is 5.13 Å². The summed E-state index contributed by atoms with van der Waals surface area (Å²) in [6.07, 6.45) is 0.294. The lowest BCUT2D eigenvalue weighted by Crippen LogP contribution is -2.52. The first-order valence-electron chi connectivity index (χ1n) is 16.2. The predicted octanol–water partition coefficient (Wildman–Crippen LogP) is 4.55. The molecule has 15 heteroatoms. The van der Waals surface area contributed by atoms with Gasteiger partial charge >= 0.3 is 5.97 Å². The molecule has 0 bridgehead atoms. The Labute approximate surface area is 295 Å². The van der Waals surface area contributed by atoms with Crippen LogP contribution in [0.1, 0.15) is 51.7 Å². The highest BCUT2D eigenvalue weighted by atomic mass is 32.2. The fourth-order valence-corrected chi connectivity index (χ4v) is 8.94. The van der Waals surface area contributed by atoms with E-state index >= 15 is 0 Å². The molecule has 6 rings (SSSR count). The molecule has 4 heterocycles. The number of methoxy groups -OCH3 is 1. The second kappa shape index (κ2) is 13.6. The Hall–Kier alpha value is -4.60. The summed E-state index contributed by atoms with van der Waals surface area (Å²) in [5.74, 6) is -0.793. The van der Waals surface area contributed by atoms with Gasteiger partial charge in [-0.15, -0.1) is 0 Å². The van der Waals surface area contributed by atoms with Gasteiger partial charge in [-0.3, -0.25) is 14.4 Å². The van der Waals surface area contributed by atoms with Gasteiger partial charge in [-0.1, -0.05) is 41.7 Å². The third-order valence-electron chi connectivity index (χ3n) is 8.90. The number of nitrogens with zero attached hydrogens (tertiary/aromatic N) is 4. The molecule has 13 nitrogen and oxygen atoms in total. The number of aromatic nitrogens is 2. The monoisotopic (exact) mass is 720 g/mol. The molecular weight excluding hydrogens is 681 g/mol. The number of esters is 1. The number of benzene rings is 2.